The van der Waals surface area contributed by atoms with E-state index in [1.54, 1.807) is 0 Å². The zero-order valence-electron chi connectivity index (χ0n) is 20.1. The van der Waals surface area contributed by atoms with Crippen molar-refractivity contribution >= 4 is 0 Å². The molecular formula is C29H37F5. The van der Waals surface area contributed by atoms with Crippen molar-refractivity contribution in [3.05, 3.63) is 59.7 Å². The van der Waals surface area contributed by atoms with Crippen LogP contribution in [0.25, 0.3) is 11.1 Å². The van der Waals surface area contributed by atoms with E-state index in [1.165, 1.54) is 94.7 Å². The van der Waals surface area contributed by atoms with Crippen LogP contribution in [0.2, 0.25) is 0 Å². The Labute approximate surface area is 201 Å². The molecule has 1 aliphatic rings. The molecule has 34 heavy (non-hydrogen) atoms. The minimum atomic E-state index is -5.59. The number of hydrogen-bond acceptors (Lipinski definition) is 0. The lowest BCUT2D eigenvalue weighted by Gasteiger charge is -2.29. The third kappa shape index (κ3) is 7.05. The third-order valence-corrected chi connectivity index (χ3v) is 7.38. The Morgan fingerprint density at radius 2 is 1.15 bits per heavy atom. The molecule has 0 unspecified atom stereocenters. The van der Waals surface area contributed by atoms with Gasteiger partial charge in [-0.1, -0.05) is 107 Å². The van der Waals surface area contributed by atoms with Gasteiger partial charge in [0, 0.05) is 5.56 Å². The summed E-state index contributed by atoms with van der Waals surface area (Å²) in [7, 11) is 0. The van der Waals surface area contributed by atoms with Crippen LogP contribution in [0.1, 0.15) is 101 Å². The van der Waals surface area contributed by atoms with Gasteiger partial charge in [-0.2, -0.15) is 22.0 Å². The van der Waals surface area contributed by atoms with Crippen molar-refractivity contribution in [2.45, 2.75) is 102 Å². The number of alkyl halides is 5. The molecule has 0 atom stereocenters. The second kappa shape index (κ2) is 12.2. The molecule has 0 bridgehead atoms. The van der Waals surface area contributed by atoms with Crippen molar-refractivity contribution in [3.63, 3.8) is 0 Å². The molecule has 0 radical (unpaired) electrons. The Hall–Kier alpha value is -1.91. The molecule has 0 saturated heterocycles. The van der Waals surface area contributed by atoms with E-state index in [0.717, 1.165) is 23.6 Å². The van der Waals surface area contributed by atoms with E-state index in [2.05, 4.69) is 19.1 Å². The smallest absolute Gasteiger partial charge is 0.191 e. The van der Waals surface area contributed by atoms with E-state index in [-0.39, 0.29) is 0 Å². The van der Waals surface area contributed by atoms with Crippen molar-refractivity contribution in [2.24, 2.45) is 5.92 Å². The van der Waals surface area contributed by atoms with Crippen molar-refractivity contribution in [2.75, 3.05) is 0 Å². The molecule has 1 aliphatic carbocycles. The van der Waals surface area contributed by atoms with Gasteiger partial charge in [-0.3, -0.25) is 0 Å². The lowest BCUT2D eigenvalue weighted by Crippen LogP contribution is -2.33. The molecule has 1 saturated carbocycles. The largest absolute Gasteiger partial charge is 0.458 e. The summed E-state index contributed by atoms with van der Waals surface area (Å²) < 4.78 is 64.7. The first-order valence-electron chi connectivity index (χ1n) is 12.9. The van der Waals surface area contributed by atoms with E-state index in [9.17, 15) is 22.0 Å². The molecule has 0 aliphatic heterocycles. The molecule has 188 valence electrons. The predicted molar refractivity (Wildman–Crippen MR) is 129 cm³/mol. The maximum absolute atomic E-state index is 13.5. The van der Waals surface area contributed by atoms with Gasteiger partial charge in [0.15, 0.2) is 0 Å². The molecule has 3 rings (SSSR count). The fourth-order valence-corrected chi connectivity index (χ4v) is 5.16. The lowest BCUT2D eigenvalue weighted by atomic mass is 9.77. The Morgan fingerprint density at radius 1 is 0.647 bits per heavy atom. The van der Waals surface area contributed by atoms with Crippen LogP contribution < -0.4 is 0 Å². The van der Waals surface area contributed by atoms with Crippen molar-refractivity contribution < 1.29 is 22.0 Å². The van der Waals surface area contributed by atoms with Crippen molar-refractivity contribution in [1.82, 2.24) is 0 Å². The normalized spacial score (nSPS) is 19.4. The molecule has 0 heterocycles. The predicted octanol–water partition coefficient (Wildman–Crippen LogP) is 10.4. The van der Waals surface area contributed by atoms with Gasteiger partial charge in [0.2, 0.25) is 0 Å². The zero-order chi connectivity index (χ0) is 24.6. The fourth-order valence-electron chi connectivity index (χ4n) is 5.16. The van der Waals surface area contributed by atoms with Gasteiger partial charge >= 0.3 is 12.1 Å². The summed E-state index contributed by atoms with van der Waals surface area (Å²) >= 11 is 0. The van der Waals surface area contributed by atoms with Crippen molar-refractivity contribution in [1.29, 1.82) is 0 Å². The van der Waals surface area contributed by atoms with Crippen molar-refractivity contribution in [3.8, 4) is 11.1 Å². The van der Waals surface area contributed by atoms with Crippen LogP contribution in [0.4, 0.5) is 22.0 Å². The summed E-state index contributed by atoms with van der Waals surface area (Å²) in [5.41, 5.74) is 1.71. The summed E-state index contributed by atoms with van der Waals surface area (Å²) in [6.07, 6.45) is 10.2. The van der Waals surface area contributed by atoms with Gasteiger partial charge < -0.3 is 0 Å². The van der Waals surface area contributed by atoms with Crippen LogP contribution in [-0.4, -0.2) is 6.18 Å². The monoisotopic (exact) mass is 480 g/mol. The van der Waals surface area contributed by atoms with Crippen LogP contribution in [0.15, 0.2) is 48.5 Å². The Balaban J connectivity index is 1.46. The average molecular weight is 481 g/mol. The first-order valence-corrected chi connectivity index (χ1v) is 12.9. The highest BCUT2D eigenvalue weighted by Crippen LogP contribution is 2.44. The zero-order valence-corrected chi connectivity index (χ0v) is 20.1. The first-order chi connectivity index (χ1) is 16.2. The van der Waals surface area contributed by atoms with E-state index < -0.39 is 17.7 Å². The average Bonchev–Trinajstić information content (AvgIpc) is 2.83. The Morgan fingerprint density at radius 3 is 1.68 bits per heavy atom. The third-order valence-electron chi connectivity index (χ3n) is 7.38. The fraction of sp³-hybridized carbons (Fsp3) is 0.586. The maximum atomic E-state index is 13.5. The highest BCUT2D eigenvalue weighted by Gasteiger charge is 2.58. The van der Waals surface area contributed by atoms with Gasteiger partial charge in [0.25, 0.3) is 0 Å². The number of rotatable bonds is 11. The van der Waals surface area contributed by atoms with Crippen LogP contribution in [0, 0.1) is 5.92 Å². The summed E-state index contributed by atoms with van der Waals surface area (Å²) in [4.78, 5) is 0. The minimum Gasteiger partial charge on any atom is -0.191 e. The first kappa shape index (κ1) is 26.7. The number of halogens is 5. The second-order valence-corrected chi connectivity index (χ2v) is 9.90. The topological polar surface area (TPSA) is 0 Å². The molecule has 0 aromatic heterocycles. The molecule has 0 spiro atoms. The van der Waals surface area contributed by atoms with Gasteiger partial charge in [0.05, 0.1) is 0 Å². The second-order valence-electron chi connectivity index (χ2n) is 9.90. The molecule has 2 aromatic rings. The standard InChI is InChI=1S/C29H37F5/c1-2-3-4-5-6-7-8-9-22-10-12-23(13-11-22)24-14-16-25(17-15-24)26-18-20-27(21-19-26)28(30,31)29(32,33)34/h14-23H,2-13H2,1H3. The highest BCUT2D eigenvalue weighted by atomic mass is 19.4. The highest BCUT2D eigenvalue weighted by molar-refractivity contribution is 5.64. The van der Waals surface area contributed by atoms with Gasteiger partial charge in [-0.15, -0.1) is 0 Å². The van der Waals surface area contributed by atoms with E-state index in [0.29, 0.717) is 11.5 Å². The lowest BCUT2D eigenvalue weighted by molar-refractivity contribution is -0.289. The molecule has 1 fully saturated rings. The summed E-state index contributed by atoms with van der Waals surface area (Å²) in [5.74, 6) is -3.45. The SMILES string of the molecule is CCCCCCCCCC1CCC(c2ccc(-c3ccc(C(F)(F)C(F)(F)F)cc3)cc2)CC1. The Bertz CT molecular complexity index is 844. The molecular weight excluding hydrogens is 443 g/mol. The number of benzene rings is 2. The molecule has 2 aromatic carbocycles. The van der Waals surface area contributed by atoms with Gasteiger partial charge in [0.1, 0.15) is 0 Å². The van der Waals surface area contributed by atoms with Crippen LogP contribution in [0.3, 0.4) is 0 Å². The quantitative estimate of drug-likeness (QED) is 0.222. The van der Waals surface area contributed by atoms with Crippen LogP contribution >= 0.6 is 0 Å². The van der Waals surface area contributed by atoms with E-state index in [4.69, 9.17) is 0 Å². The summed E-state index contributed by atoms with van der Waals surface area (Å²) in [6, 6.07) is 12.4. The number of hydrogen-bond donors (Lipinski definition) is 0. The number of unbranched alkanes of at least 4 members (excludes halogenated alkanes) is 6. The van der Waals surface area contributed by atoms with Crippen LogP contribution in [-0.2, 0) is 5.92 Å². The summed E-state index contributed by atoms with van der Waals surface area (Å²) in [5, 5.41) is 0. The minimum absolute atomic E-state index is 0.548. The molecule has 0 N–H and O–H groups in total. The maximum Gasteiger partial charge on any atom is 0.458 e. The molecule has 0 nitrogen and oxygen atoms in total. The Kier molecular flexibility index (Phi) is 9.56. The summed E-state index contributed by atoms with van der Waals surface area (Å²) in [6.45, 7) is 2.25. The van der Waals surface area contributed by atoms with Gasteiger partial charge in [-0.05, 0) is 54.2 Å². The van der Waals surface area contributed by atoms with E-state index in [1.807, 2.05) is 12.1 Å². The van der Waals surface area contributed by atoms with E-state index >= 15 is 0 Å². The van der Waals surface area contributed by atoms with Crippen LogP contribution in [0.5, 0.6) is 0 Å². The molecule has 0 amide bonds. The molecule has 5 heteroatoms. The van der Waals surface area contributed by atoms with Gasteiger partial charge in [-0.25, -0.2) is 0 Å².